The van der Waals surface area contributed by atoms with Gasteiger partial charge in [0, 0.05) is 11.6 Å². The van der Waals surface area contributed by atoms with E-state index in [0.29, 0.717) is 31.0 Å². The maximum absolute atomic E-state index is 12.3. The van der Waals surface area contributed by atoms with Crippen molar-refractivity contribution in [3.05, 3.63) is 54.1 Å². The molecule has 0 amide bonds. The van der Waals surface area contributed by atoms with Crippen molar-refractivity contribution in [3.8, 4) is 5.75 Å². The zero-order valence-corrected chi connectivity index (χ0v) is 15.5. The number of carbonyl (C=O) groups excluding carboxylic acids is 1. The van der Waals surface area contributed by atoms with Crippen molar-refractivity contribution in [2.75, 3.05) is 18.5 Å². The number of nitrogens with zero attached hydrogens (tertiary/aromatic N) is 1. The summed E-state index contributed by atoms with van der Waals surface area (Å²) in [6.45, 7) is 5.00. The predicted octanol–water partition coefficient (Wildman–Crippen LogP) is 4.44. The van der Waals surface area contributed by atoms with Gasteiger partial charge in [-0.2, -0.15) is 0 Å². The molecule has 1 N–H and O–H groups in total. The lowest BCUT2D eigenvalue weighted by molar-refractivity contribution is 0.0527. The van der Waals surface area contributed by atoms with Crippen molar-refractivity contribution in [2.45, 2.75) is 20.4 Å². The molecule has 3 rings (SSSR count). The van der Waals surface area contributed by atoms with Crippen LogP contribution in [0, 0.1) is 0 Å². The van der Waals surface area contributed by atoms with Crippen LogP contribution in [0.3, 0.4) is 0 Å². The zero-order valence-electron chi connectivity index (χ0n) is 14.7. The van der Waals surface area contributed by atoms with E-state index in [0.717, 1.165) is 22.4 Å². The Morgan fingerprint density at radius 3 is 2.77 bits per heavy atom. The van der Waals surface area contributed by atoms with Crippen LogP contribution in [0.15, 0.2) is 47.2 Å². The molecule has 0 fully saturated rings. The van der Waals surface area contributed by atoms with Crippen LogP contribution in [0.4, 0.5) is 5.69 Å². The molecule has 0 unspecified atom stereocenters. The maximum Gasteiger partial charge on any atom is 0.341 e. The van der Waals surface area contributed by atoms with Gasteiger partial charge in [-0.15, -0.1) is 12.4 Å². The number of nitrogens with one attached hydrogen (secondary N) is 1. The number of hydrogen-bond acceptors (Lipinski definition) is 6. The van der Waals surface area contributed by atoms with E-state index in [9.17, 15) is 4.79 Å². The number of aromatic nitrogens is 1. The van der Waals surface area contributed by atoms with Gasteiger partial charge < -0.3 is 19.2 Å². The number of pyridine rings is 1. The topological polar surface area (TPSA) is 73.6 Å². The smallest absolute Gasteiger partial charge is 0.341 e. The first kappa shape index (κ1) is 19.6. The molecule has 0 aliphatic rings. The molecule has 6 nitrogen and oxygen atoms in total. The third-order valence-electron chi connectivity index (χ3n) is 3.67. The standard InChI is InChI=1S/C19H20N2O4.ClH/c1-3-23-13-7-8-17-15(10-13)18(21-11-14-6-5-9-25-14)16(12-20-17)19(22)24-4-2;/h5-10,12H,3-4,11H2,1-2H3,(H,20,21);1H. The summed E-state index contributed by atoms with van der Waals surface area (Å²) in [5.41, 5.74) is 1.80. The van der Waals surface area contributed by atoms with Gasteiger partial charge in [-0.25, -0.2) is 4.79 Å². The van der Waals surface area contributed by atoms with Crippen molar-refractivity contribution in [3.63, 3.8) is 0 Å². The second-order valence-electron chi connectivity index (χ2n) is 5.31. The second-order valence-corrected chi connectivity index (χ2v) is 5.31. The van der Waals surface area contributed by atoms with E-state index in [-0.39, 0.29) is 12.4 Å². The molecule has 0 radical (unpaired) electrons. The number of benzene rings is 1. The molecule has 0 aliphatic heterocycles. The van der Waals surface area contributed by atoms with Crippen LogP contribution in [0.1, 0.15) is 30.0 Å². The largest absolute Gasteiger partial charge is 0.494 e. The van der Waals surface area contributed by atoms with Gasteiger partial charge in [-0.05, 0) is 44.2 Å². The predicted molar refractivity (Wildman–Crippen MR) is 102 cm³/mol. The highest BCUT2D eigenvalue weighted by molar-refractivity contribution is 6.05. The van der Waals surface area contributed by atoms with Crippen LogP contribution in [-0.4, -0.2) is 24.2 Å². The minimum atomic E-state index is -0.416. The highest BCUT2D eigenvalue weighted by atomic mass is 35.5. The summed E-state index contributed by atoms with van der Waals surface area (Å²) in [6, 6.07) is 9.29. The Morgan fingerprint density at radius 2 is 2.08 bits per heavy atom. The van der Waals surface area contributed by atoms with Crippen LogP contribution in [-0.2, 0) is 11.3 Å². The summed E-state index contributed by atoms with van der Waals surface area (Å²) in [5, 5.41) is 4.07. The third kappa shape index (κ3) is 4.26. The molecule has 7 heteroatoms. The molecule has 0 saturated heterocycles. The summed E-state index contributed by atoms with van der Waals surface area (Å²) in [7, 11) is 0. The number of carbonyl (C=O) groups is 1. The van der Waals surface area contributed by atoms with Gasteiger partial charge in [0.2, 0.25) is 0 Å². The lowest BCUT2D eigenvalue weighted by atomic mass is 10.1. The number of rotatable bonds is 7. The number of anilines is 1. The van der Waals surface area contributed by atoms with E-state index in [1.165, 1.54) is 6.20 Å². The molecule has 2 aromatic heterocycles. The fourth-order valence-electron chi connectivity index (χ4n) is 2.57. The summed E-state index contributed by atoms with van der Waals surface area (Å²) in [6.07, 6.45) is 3.15. The first-order valence-electron chi connectivity index (χ1n) is 8.21. The summed E-state index contributed by atoms with van der Waals surface area (Å²) < 4.78 is 16.1. The van der Waals surface area contributed by atoms with Crippen molar-refractivity contribution in [2.24, 2.45) is 0 Å². The summed E-state index contributed by atoms with van der Waals surface area (Å²) in [5.74, 6) is 1.07. The van der Waals surface area contributed by atoms with Crippen molar-refractivity contribution >= 4 is 35.0 Å². The Bertz CT molecular complexity index is 865. The first-order chi connectivity index (χ1) is 12.2. The molecular weight excluding hydrogens is 356 g/mol. The van der Waals surface area contributed by atoms with Crippen LogP contribution >= 0.6 is 12.4 Å². The minimum absolute atomic E-state index is 0. The van der Waals surface area contributed by atoms with Crippen LogP contribution in [0.25, 0.3) is 10.9 Å². The monoisotopic (exact) mass is 376 g/mol. The van der Waals surface area contributed by atoms with Gasteiger partial charge >= 0.3 is 5.97 Å². The number of ether oxygens (including phenoxy) is 2. The van der Waals surface area contributed by atoms with E-state index in [4.69, 9.17) is 13.9 Å². The average Bonchev–Trinajstić information content (AvgIpc) is 3.13. The Morgan fingerprint density at radius 1 is 1.23 bits per heavy atom. The SMILES string of the molecule is CCOC(=O)c1cnc2ccc(OCC)cc2c1NCc1ccco1.Cl. The molecule has 0 bridgehead atoms. The zero-order chi connectivity index (χ0) is 17.6. The number of fused-ring (bicyclic) bond motifs is 1. The third-order valence-corrected chi connectivity index (χ3v) is 3.67. The van der Waals surface area contributed by atoms with Crippen LogP contribution in [0.5, 0.6) is 5.75 Å². The molecule has 138 valence electrons. The summed E-state index contributed by atoms with van der Waals surface area (Å²) >= 11 is 0. The second kappa shape index (κ2) is 9.10. The molecule has 2 heterocycles. The van der Waals surface area contributed by atoms with Gasteiger partial charge in [0.1, 0.15) is 17.1 Å². The van der Waals surface area contributed by atoms with Gasteiger partial charge in [-0.3, -0.25) is 4.98 Å². The maximum atomic E-state index is 12.3. The number of halogens is 1. The Labute approximate surface area is 157 Å². The van der Waals surface area contributed by atoms with E-state index < -0.39 is 5.97 Å². The fraction of sp³-hybridized carbons (Fsp3) is 0.263. The highest BCUT2D eigenvalue weighted by Crippen LogP contribution is 2.30. The van der Waals surface area contributed by atoms with E-state index in [1.54, 1.807) is 13.2 Å². The Balaban J connectivity index is 0.00000243. The van der Waals surface area contributed by atoms with Gasteiger partial charge in [0.05, 0.1) is 37.2 Å². The van der Waals surface area contributed by atoms with E-state index in [1.807, 2.05) is 37.3 Å². The van der Waals surface area contributed by atoms with Crippen molar-refractivity contribution < 1.29 is 18.7 Å². The normalized spacial score (nSPS) is 10.2. The van der Waals surface area contributed by atoms with E-state index >= 15 is 0 Å². The van der Waals surface area contributed by atoms with Gasteiger partial charge in [0.25, 0.3) is 0 Å². The molecular formula is C19H21ClN2O4. The van der Waals surface area contributed by atoms with E-state index in [2.05, 4.69) is 10.3 Å². The minimum Gasteiger partial charge on any atom is -0.494 e. The first-order valence-corrected chi connectivity index (χ1v) is 8.21. The van der Waals surface area contributed by atoms with Crippen molar-refractivity contribution in [1.29, 1.82) is 0 Å². The lowest BCUT2D eigenvalue weighted by Gasteiger charge is -2.14. The number of esters is 1. The average molecular weight is 377 g/mol. The molecule has 26 heavy (non-hydrogen) atoms. The highest BCUT2D eigenvalue weighted by Gasteiger charge is 2.17. The molecule has 1 aromatic carbocycles. The molecule has 0 spiro atoms. The molecule has 0 saturated carbocycles. The number of hydrogen-bond donors (Lipinski definition) is 1. The van der Waals surface area contributed by atoms with Gasteiger partial charge in [0.15, 0.2) is 0 Å². The molecule has 3 aromatic rings. The number of furan rings is 1. The quantitative estimate of drug-likeness (QED) is 0.614. The fourth-order valence-corrected chi connectivity index (χ4v) is 2.57. The molecule has 0 aliphatic carbocycles. The Kier molecular flexibility index (Phi) is 6.86. The van der Waals surface area contributed by atoms with Crippen molar-refractivity contribution in [1.82, 2.24) is 4.98 Å². The van der Waals surface area contributed by atoms with Gasteiger partial charge in [-0.1, -0.05) is 0 Å². The lowest BCUT2D eigenvalue weighted by Crippen LogP contribution is -2.11. The molecule has 0 atom stereocenters. The summed E-state index contributed by atoms with van der Waals surface area (Å²) in [4.78, 5) is 16.7. The Hall–Kier alpha value is -2.73. The van der Waals surface area contributed by atoms with Crippen LogP contribution in [0.2, 0.25) is 0 Å². The van der Waals surface area contributed by atoms with Crippen LogP contribution < -0.4 is 10.1 Å².